The average molecular weight is 319 g/mol. The highest BCUT2D eigenvalue weighted by Crippen LogP contribution is 2.39. The van der Waals surface area contributed by atoms with Crippen LogP contribution in [0, 0.1) is 0 Å². The van der Waals surface area contributed by atoms with Crippen LogP contribution >= 0.6 is 23.4 Å². The first-order chi connectivity index (χ1) is 10.1. The number of hydrogen-bond donors (Lipinski definition) is 3. The van der Waals surface area contributed by atoms with Crippen molar-refractivity contribution in [3.63, 3.8) is 0 Å². The molecule has 0 radical (unpaired) electrons. The number of nitrogens with two attached hydrogens (primary N) is 1. The molecule has 6 heteroatoms. The van der Waals surface area contributed by atoms with Gasteiger partial charge in [-0.3, -0.25) is 4.79 Å². The van der Waals surface area contributed by atoms with Crippen LogP contribution in [0.4, 0.5) is 0 Å². The third kappa shape index (κ3) is 2.57. The topological polar surface area (TPSA) is 79.1 Å². The molecule has 4 N–H and O–H groups in total. The molecule has 1 aromatic heterocycles. The van der Waals surface area contributed by atoms with Crippen molar-refractivity contribution >= 4 is 40.2 Å². The van der Waals surface area contributed by atoms with E-state index in [-0.39, 0.29) is 10.8 Å². The highest BCUT2D eigenvalue weighted by molar-refractivity contribution is 7.99. The summed E-state index contributed by atoms with van der Waals surface area (Å²) in [4.78, 5) is 16.2. The van der Waals surface area contributed by atoms with E-state index in [0.717, 1.165) is 10.3 Å². The first kappa shape index (κ1) is 13.9. The Morgan fingerprint density at radius 1 is 1.24 bits per heavy atom. The molecule has 0 saturated heterocycles. The number of primary amides is 1. The highest BCUT2D eigenvalue weighted by atomic mass is 35.5. The van der Waals surface area contributed by atoms with Crippen molar-refractivity contribution in [2.75, 3.05) is 0 Å². The Balaban J connectivity index is 2.20. The molecule has 0 aliphatic heterocycles. The van der Waals surface area contributed by atoms with Crippen LogP contribution in [0.1, 0.15) is 10.5 Å². The fourth-order valence-electron chi connectivity index (χ4n) is 2.07. The van der Waals surface area contributed by atoms with Crippen LogP contribution in [0.3, 0.4) is 0 Å². The van der Waals surface area contributed by atoms with E-state index in [1.54, 1.807) is 6.07 Å². The number of fused-ring (bicyclic) bond motifs is 1. The first-order valence-corrected chi connectivity index (χ1v) is 7.32. The van der Waals surface area contributed by atoms with Crippen LogP contribution in [-0.2, 0) is 0 Å². The van der Waals surface area contributed by atoms with Crippen LogP contribution < -0.4 is 5.73 Å². The van der Waals surface area contributed by atoms with Crippen molar-refractivity contribution in [3.8, 4) is 5.75 Å². The summed E-state index contributed by atoms with van der Waals surface area (Å²) < 4.78 is 0. The number of rotatable bonds is 3. The van der Waals surface area contributed by atoms with Gasteiger partial charge in [-0.2, -0.15) is 0 Å². The monoisotopic (exact) mass is 318 g/mol. The van der Waals surface area contributed by atoms with Crippen molar-refractivity contribution in [2.45, 2.75) is 9.79 Å². The zero-order valence-corrected chi connectivity index (χ0v) is 12.3. The Kier molecular flexibility index (Phi) is 3.53. The van der Waals surface area contributed by atoms with Crippen molar-refractivity contribution in [1.29, 1.82) is 0 Å². The summed E-state index contributed by atoms with van der Waals surface area (Å²) >= 11 is 7.38. The van der Waals surface area contributed by atoms with Gasteiger partial charge in [0.05, 0.1) is 15.4 Å². The number of H-pyrrole nitrogens is 1. The molecule has 1 amide bonds. The maximum atomic E-state index is 11.6. The molecule has 0 unspecified atom stereocenters. The SMILES string of the molecule is NC(=O)c1[nH]c2cc(O)c(Cl)cc2c1Sc1ccccc1. The summed E-state index contributed by atoms with van der Waals surface area (Å²) in [7, 11) is 0. The molecular weight excluding hydrogens is 308 g/mol. The van der Waals surface area contributed by atoms with Crippen LogP contribution in [-0.4, -0.2) is 16.0 Å². The van der Waals surface area contributed by atoms with Crippen molar-refractivity contribution < 1.29 is 9.90 Å². The highest BCUT2D eigenvalue weighted by Gasteiger charge is 2.18. The van der Waals surface area contributed by atoms with Gasteiger partial charge in [-0.1, -0.05) is 41.6 Å². The van der Waals surface area contributed by atoms with Gasteiger partial charge in [0.2, 0.25) is 0 Å². The lowest BCUT2D eigenvalue weighted by Gasteiger charge is -2.03. The van der Waals surface area contributed by atoms with Crippen LogP contribution in [0.5, 0.6) is 5.75 Å². The number of halogens is 1. The number of hydrogen-bond acceptors (Lipinski definition) is 3. The Hall–Kier alpha value is -2.11. The maximum Gasteiger partial charge on any atom is 0.266 e. The van der Waals surface area contributed by atoms with E-state index in [2.05, 4.69) is 4.98 Å². The Bertz CT molecular complexity index is 831. The number of aromatic hydroxyl groups is 1. The molecule has 4 nitrogen and oxygen atoms in total. The average Bonchev–Trinajstić information content (AvgIpc) is 2.79. The summed E-state index contributed by atoms with van der Waals surface area (Å²) in [5, 5.41) is 10.7. The lowest BCUT2D eigenvalue weighted by atomic mass is 10.2. The molecule has 0 saturated carbocycles. The lowest BCUT2D eigenvalue weighted by molar-refractivity contribution is 0.0993. The van der Waals surface area contributed by atoms with E-state index in [9.17, 15) is 9.90 Å². The third-order valence-electron chi connectivity index (χ3n) is 3.03. The fraction of sp³-hybridized carbons (Fsp3) is 0. The van der Waals surface area contributed by atoms with Crippen LogP contribution in [0.15, 0.2) is 52.3 Å². The number of carbonyl (C=O) groups excluding carboxylic acids is 1. The van der Waals surface area contributed by atoms with E-state index in [4.69, 9.17) is 17.3 Å². The van der Waals surface area contributed by atoms with Crippen LogP contribution in [0.25, 0.3) is 10.9 Å². The van der Waals surface area contributed by atoms with Crippen molar-refractivity contribution in [3.05, 3.63) is 53.2 Å². The molecule has 2 aromatic carbocycles. The second-order valence-corrected chi connectivity index (χ2v) is 5.95. The zero-order chi connectivity index (χ0) is 15.0. The second-order valence-electron chi connectivity index (χ2n) is 4.46. The summed E-state index contributed by atoms with van der Waals surface area (Å²) in [5.74, 6) is -0.599. The minimum Gasteiger partial charge on any atom is -0.506 e. The van der Waals surface area contributed by atoms with Crippen LogP contribution in [0.2, 0.25) is 5.02 Å². The van der Waals surface area contributed by atoms with Gasteiger partial charge < -0.3 is 15.8 Å². The molecule has 0 spiro atoms. The van der Waals surface area contributed by atoms with E-state index >= 15 is 0 Å². The number of phenols is 1. The standard InChI is InChI=1S/C15H11ClN2O2S/c16-10-6-9-11(7-12(10)19)18-13(15(17)20)14(9)21-8-4-2-1-3-5-8/h1-7,18-19H,(H2,17,20). The summed E-state index contributed by atoms with van der Waals surface area (Å²) in [6.45, 7) is 0. The zero-order valence-electron chi connectivity index (χ0n) is 10.8. The minimum atomic E-state index is -0.555. The molecule has 21 heavy (non-hydrogen) atoms. The first-order valence-electron chi connectivity index (χ1n) is 6.13. The van der Waals surface area contributed by atoms with Crippen molar-refractivity contribution in [1.82, 2.24) is 4.98 Å². The van der Waals surface area contributed by atoms with E-state index < -0.39 is 5.91 Å². The predicted molar refractivity (Wildman–Crippen MR) is 84.1 cm³/mol. The van der Waals surface area contributed by atoms with Gasteiger partial charge in [0.15, 0.2) is 0 Å². The molecule has 106 valence electrons. The Morgan fingerprint density at radius 3 is 2.62 bits per heavy atom. The Labute approximate surface area is 129 Å². The van der Waals surface area contributed by atoms with Crippen molar-refractivity contribution in [2.24, 2.45) is 5.73 Å². The number of carbonyl (C=O) groups is 1. The molecule has 3 aromatic rings. The number of phenolic OH excluding ortho intramolecular Hbond substituents is 1. The summed E-state index contributed by atoms with van der Waals surface area (Å²) in [6, 6.07) is 12.7. The molecular formula is C15H11ClN2O2S. The van der Waals surface area contributed by atoms with Gasteiger partial charge in [0.1, 0.15) is 11.4 Å². The van der Waals surface area contributed by atoms with E-state index in [0.29, 0.717) is 16.1 Å². The molecule has 0 aliphatic carbocycles. The number of aromatic amines is 1. The molecule has 0 atom stereocenters. The molecule has 3 rings (SSSR count). The largest absolute Gasteiger partial charge is 0.506 e. The smallest absolute Gasteiger partial charge is 0.266 e. The number of amides is 1. The van der Waals surface area contributed by atoms with Gasteiger partial charge >= 0.3 is 0 Å². The van der Waals surface area contributed by atoms with Gasteiger partial charge in [-0.15, -0.1) is 0 Å². The lowest BCUT2D eigenvalue weighted by Crippen LogP contribution is -2.12. The molecule has 0 bridgehead atoms. The van der Waals surface area contributed by atoms with E-state index in [1.165, 1.54) is 17.8 Å². The Morgan fingerprint density at radius 2 is 1.95 bits per heavy atom. The summed E-state index contributed by atoms with van der Waals surface area (Å²) in [5.41, 5.74) is 6.35. The molecule has 1 heterocycles. The fourth-order valence-corrected chi connectivity index (χ4v) is 3.29. The predicted octanol–water partition coefficient (Wildman–Crippen LogP) is 3.78. The second kappa shape index (κ2) is 5.35. The van der Waals surface area contributed by atoms with Gasteiger partial charge in [-0.05, 0) is 18.2 Å². The third-order valence-corrected chi connectivity index (χ3v) is 4.47. The minimum absolute atomic E-state index is 0.0438. The number of benzene rings is 2. The van der Waals surface area contributed by atoms with Gasteiger partial charge in [0, 0.05) is 16.3 Å². The number of aromatic nitrogens is 1. The van der Waals surface area contributed by atoms with E-state index in [1.807, 2.05) is 30.3 Å². The quantitative estimate of drug-likeness (QED) is 0.687. The normalized spacial score (nSPS) is 10.9. The van der Waals surface area contributed by atoms with Gasteiger partial charge in [0.25, 0.3) is 5.91 Å². The van der Waals surface area contributed by atoms with Gasteiger partial charge in [-0.25, -0.2) is 0 Å². The maximum absolute atomic E-state index is 11.6. The molecule has 0 fully saturated rings. The molecule has 0 aliphatic rings. The summed E-state index contributed by atoms with van der Waals surface area (Å²) in [6.07, 6.45) is 0. The number of nitrogens with one attached hydrogen (secondary N) is 1.